The highest BCUT2D eigenvalue weighted by Crippen LogP contribution is 2.28. The lowest BCUT2D eigenvalue weighted by molar-refractivity contribution is 0.281. The summed E-state index contributed by atoms with van der Waals surface area (Å²) in [5.74, 6) is 1.89. The highest BCUT2D eigenvalue weighted by Gasteiger charge is 2.28. The van der Waals surface area contributed by atoms with E-state index in [0.717, 1.165) is 12.1 Å². The molecule has 2 atom stereocenters. The molecular weight excluding hydrogens is 242 g/mol. The largest absolute Gasteiger partial charge is 0.472 e. The molecule has 1 N–H and O–H groups in total. The first-order chi connectivity index (χ1) is 9.13. The van der Waals surface area contributed by atoms with Gasteiger partial charge in [0.25, 0.3) is 0 Å². The van der Waals surface area contributed by atoms with Crippen molar-refractivity contribution >= 4 is 0 Å². The predicted molar refractivity (Wildman–Crippen MR) is 72.7 cm³/mol. The van der Waals surface area contributed by atoms with Gasteiger partial charge in [0.2, 0.25) is 11.7 Å². The van der Waals surface area contributed by atoms with E-state index in [-0.39, 0.29) is 5.92 Å². The van der Waals surface area contributed by atoms with Crippen molar-refractivity contribution in [3.05, 3.63) is 24.5 Å². The van der Waals surface area contributed by atoms with Gasteiger partial charge in [-0.15, -0.1) is 0 Å². The molecule has 104 valence electrons. The molecular formula is C14H21N3O2. The SMILES string of the molecule is CCNC(C)C(c1nc(-c2ccoc2)no1)C(C)C. The van der Waals surface area contributed by atoms with Gasteiger partial charge in [-0.1, -0.05) is 25.9 Å². The van der Waals surface area contributed by atoms with Gasteiger partial charge in [0.05, 0.1) is 17.7 Å². The van der Waals surface area contributed by atoms with E-state index in [9.17, 15) is 0 Å². The molecule has 0 saturated heterocycles. The summed E-state index contributed by atoms with van der Waals surface area (Å²) in [5, 5.41) is 7.45. The molecule has 0 spiro atoms. The Labute approximate surface area is 113 Å². The Morgan fingerprint density at radius 1 is 1.32 bits per heavy atom. The summed E-state index contributed by atoms with van der Waals surface area (Å²) in [6.07, 6.45) is 3.22. The molecule has 2 aromatic rings. The first-order valence-corrected chi connectivity index (χ1v) is 6.73. The van der Waals surface area contributed by atoms with E-state index in [1.165, 1.54) is 0 Å². The summed E-state index contributed by atoms with van der Waals surface area (Å²) < 4.78 is 10.5. The maximum Gasteiger partial charge on any atom is 0.231 e. The Morgan fingerprint density at radius 3 is 2.68 bits per heavy atom. The first-order valence-electron chi connectivity index (χ1n) is 6.73. The molecule has 0 aromatic carbocycles. The zero-order valence-electron chi connectivity index (χ0n) is 11.9. The fourth-order valence-electron chi connectivity index (χ4n) is 2.40. The van der Waals surface area contributed by atoms with Crippen LogP contribution in [0.15, 0.2) is 27.5 Å². The van der Waals surface area contributed by atoms with Gasteiger partial charge in [-0.3, -0.25) is 0 Å². The monoisotopic (exact) mass is 263 g/mol. The molecule has 0 aliphatic rings. The summed E-state index contributed by atoms with van der Waals surface area (Å²) in [6, 6.07) is 2.12. The minimum absolute atomic E-state index is 0.202. The number of hydrogen-bond acceptors (Lipinski definition) is 5. The highest BCUT2D eigenvalue weighted by molar-refractivity contribution is 5.51. The Kier molecular flexibility index (Phi) is 4.37. The highest BCUT2D eigenvalue weighted by atomic mass is 16.5. The molecule has 0 bridgehead atoms. The fourth-order valence-corrected chi connectivity index (χ4v) is 2.40. The maximum atomic E-state index is 5.44. The van der Waals surface area contributed by atoms with Crippen molar-refractivity contribution < 1.29 is 8.94 Å². The van der Waals surface area contributed by atoms with Crippen molar-refractivity contribution in [2.45, 2.75) is 39.7 Å². The molecule has 2 aromatic heterocycles. The summed E-state index contributed by atoms with van der Waals surface area (Å²) in [7, 11) is 0. The van der Waals surface area contributed by atoms with E-state index >= 15 is 0 Å². The van der Waals surface area contributed by atoms with Gasteiger partial charge in [0.15, 0.2) is 0 Å². The predicted octanol–water partition coefficient (Wildman–Crippen LogP) is 3.07. The third-order valence-electron chi connectivity index (χ3n) is 3.29. The van der Waals surface area contributed by atoms with Gasteiger partial charge in [0, 0.05) is 6.04 Å². The lowest BCUT2D eigenvalue weighted by atomic mass is 9.89. The van der Waals surface area contributed by atoms with Crippen LogP contribution >= 0.6 is 0 Å². The number of likely N-dealkylation sites (N-methyl/N-ethyl adjacent to an activating group) is 1. The van der Waals surface area contributed by atoms with Gasteiger partial charge in [-0.25, -0.2) is 0 Å². The molecule has 5 heteroatoms. The topological polar surface area (TPSA) is 64.1 Å². The second kappa shape index (κ2) is 6.02. The first kappa shape index (κ1) is 13.8. The number of nitrogens with zero attached hydrogens (tertiary/aromatic N) is 2. The van der Waals surface area contributed by atoms with Gasteiger partial charge < -0.3 is 14.3 Å². The van der Waals surface area contributed by atoms with Crippen LogP contribution in [-0.2, 0) is 0 Å². The molecule has 0 aliphatic heterocycles. The number of hydrogen-bond donors (Lipinski definition) is 1. The van der Waals surface area contributed by atoms with Crippen LogP contribution in [0.3, 0.4) is 0 Å². The Hall–Kier alpha value is -1.62. The lowest BCUT2D eigenvalue weighted by Gasteiger charge is -2.24. The van der Waals surface area contributed by atoms with E-state index in [4.69, 9.17) is 8.94 Å². The second-order valence-corrected chi connectivity index (χ2v) is 5.08. The van der Waals surface area contributed by atoms with Crippen LogP contribution in [0.2, 0.25) is 0 Å². The second-order valence-electron chi connectivity index (χ2n) is 5.08. The number of nitrogens with one attached hydrogen (secondary N) is 1. The third kappa shape index (κ3) is 3.04. The van der Waals surface area contributed by atoms with Crippen LogP contribution in [-0.4, -0.2) is 22.7 Å². The number of aromatic nitrogens is 2. The minimum Gasteiger partial charge on any atom is -0.472 e. The van der Waals surface area contributed by atoms with Crippen molar-refractivity contribution in [3.8, 4) is 11.4 Å². The molecule has 19 heavy (non-hydrogen) atoms. The van der Waals surface area contributed by atoms with Crippen LogP contribution < -0.4 is 5.32 Å². The fraction of sp³-hybridized carbons (Fsp3) is 0.571. The number of furan rings is 1. The summed E-state index contributed by atoms with van der Waals surface area (Å²) in [6.45, 7) is 9.50. The molecule has 0 fully saturated rings. The summed E-state index contributed by atoms with van der Waals surface area (Å²) >= 11 is 0. The molecule has 0 radical (unpaired) electrons. The Bertz CT molecular complexity index is 491. The molecule has 2 unspecified atom stereocenters. The van der Waals surface area contributed by atoms with Gasteiger partial charge >= 0.3 is 0 Å². The van der Waals surface area contributed by atoms with E-state index in [1.54, 1.807) is 12.5 Å². The Balaban J connectivity index is 2.23. The Morgan fingerprint density at radius 2 is 2.11 bits per heavy atom. The normalized spacial score (nSPS) is 14.8. The van der Waals surface area contributed by atoms with Crippen molar-refractivity contribution in [1.29, 1.82) is 0 Å². The third-order valence-corrected chi connectivity index (χ3v) is 3.29. The lowest BCUT2D eigenvalue weighted by Crippen LogP contribution is -2.34. The van der Waals surface area contributed by atoms with Crippen molar-refractivity contribution in [3.63, 3.8) is 0 Å². The average Bonchev–Trinajstić information content (AvgIpc) is 2.98. The summed E-state index contributed by atoms with van der Waals surface area (Å²) in [4.78, 5) is 4.50. The molecule has 2 heterocycles. The zero-order chi connectivity index (χ0) is 13.8. The van der Waals surface area contributed by atoms with Crippen LogP contribution in [0.25, 0.3) is 11.4 Å². The van der Waals surface area contributed by atoms with Gasteiger partial charge in [-0.05, 0) is 25.5 Å². The van der Waals surface area contributed by atoms with Crippen LogP contribution in [0.4, 0.5) is 0 Å². The smallest absolute Gasteiger partial charge is 0.231 e. The molecule has 0 aliphatic carbocycles. The van der Waals surface area contributed by atoms with Gasteiger partial charge in [0.1, 0.15) is 6.26 Å². The molecule has 2 rings (SSSR count). The van der Waals surface area contributed by atoms with Gasteiger partial charge in [-0.2, -0.15) is 4.98 Å². The van der Waals surface area contributed by atoms with E-state index < -0.39 is 0 Å². The minimum atomic E-state index is 0.202. The van der Waals surface area contributed by atoms with E-state index in [1.807, 2.05) is 6.07 Å². The number of rotatable bonds is 6. The molecule has 0 amide bonds. The van der Waals surface area contributed by atoms with Crippen LogP contribution in [0, 0.1) is 5.92 Å². The summed E-state index contributed by atoms with van der Waals surface area (Å²) in [5.41, 5.74) is 0.841. The standard InChI is InChI=1S/C14H21N3O2/c1-5-15-10(4)12(9(2)3)14-16-13(17-19-14)11-6-7-18-8-11/h6-10,12,15H,5H2,1-4H3. The quantitative estimate of drug-likeness (QED) is 0.867. The maximum absolute atomic E-state index is 5.44. The zero-order valence-corrected chi connectivity index (χ0v) is 11.9. The van der Waals surface area contributed by atoms with Crippen molar-refractivity contribution in [1.82, 2.24) is 15.5 Å². The van der Waals surface area contributed by atoms with Crippen molar-refractivity contribution in [2.75, 3.05) is 6.54 Å². The van der Waals surface area contributed by atoms with E-state index in [0.29, 0.717) is 23.7 Å². The average molecular weight is 263 g/mol. The van der Waals surface area contributed by atoms with E-state index in [2.05, 4.69) is 43.2 Å². The van der Waals surface area contributed by atoms with Crippen molar-refractivity contribution in [2.24, 2.45) is 5.92 Å². The van der Waals surface area contributed by atoms with Crippen LogP contribution in [0.5, 0.6) is 0 Å². The van der Waals surface area contributed by atoms with Crippen LogP contribution in [0.1, 0.15) is 39.5 Å². The molecule has 5 nitrogen and oxygen atoms in total. The molecule has 0 saturated carbocycles.